The lowest BCUT2D eigenvalue weighted by Crippen LogP contribution is -2.66. The molecule has 0 spiro atoms. The van der Waals surface area contributed by atoms with Crippen molar-refractivity contribution < 1.29 is 20.4 Å². The number of rotatable bonds is 5. The number of hydrogen-bond donors (Lipinski definition) is 4. The van der Waals surface area contributed by atoms with Crippen molar-refractivity contribution in [3.8, 4) is 0 Å². The Balaban J connectivity index is 1.64. The summed E-state index contributed by atoms with van der Waals surface area (Å²) in [7, 11) is 0. The lowest BCUT2D eigenvalue weighted by atomic mass is 9.35. The highest BCUT2D eigenvalue weighted by molar-refractivity contribution is 5.20. The van der Waals surface area contributed by atoms with Gasteiger partial charge in [-0.3, -0.25) is 0 Å². The van der Waals surface area contributed by atoms with E-state index in [9.17, 15) is 20.4 Å². The third-order valence-electron chi connectivity index (χ3n) is 12.7. The zero-order valence-electron chi connectivity index (χ0n) is 22.9. The summed E-state index contributed by atoms with van der Waals surface area (Å²) in [6.45, 7) is 19.5. The van der Waals surface area contributed by atoms with E-state index >= 15 is 0 Å². The van der Waals surface area contributed by atoms with Crippen LogP contribution in [0.4, 0.5) is 0 Å². The van der Waals surface area contributed by atoms with E-state index in [0.29, 0.717) is 24.7 Å². The Bertz CT molecular complexity index is 804. The lowest BCUT2D eigenvalue weighted by Gasteiger charge is -2.70. The van der Waals surface area contributed by atoms with Crippen LogP contribution in [0.3, 0.4) is 0 Å². The van der Waals surface area contributed by atoms with E-state index < -0.39 is 17.8 Å². The van der Waals surface area contributed by atoms with Gasteiger partial charge in [0, 0.05) is 0 Å². The van der Waals surface area contributed by atoms with Crippen LogP contribution in [-0.4, -0.2) is 44.3 Å². The van der Waals surface area contributed by atoms with E-state index in [1.807, 2.05) is 13.8 Å². The van der Waals surface area contributed by atoms with Crippen molar-refractivity contribution in [2.75, 3.05) is 0 Å². The zero-order valence-corrected chi connectivity index (χ0v) is 22.9. The normalized spacial score (nSPS) is 50.4. The Morgan fingerprint density at radius 3 is 2.21 bits per heavy atom. The van der Waals surface area contributed by atoms with E-state index in [1.54, 1.807) is 0 Å². The van der Waals surface area contributed by atoms with Gasteiger partial charge in [0.05, 0.1) is 23.9 Å². The van der Waals surface area contributed by atoms with Crippen LogP contribution in [0.15, 0.2) is 12.2 Å². The number of hydrogen-bond acceptors (Lipinski definition) is 4. The minimum absolute atomic E-state index is 0.0227. The minimum atomic E-state index is -0.916. The number of fused-ring (bicyclic) bond motifs is 5. The van der Waals surface area contributed by atoms with E-state index in [4.69, 9.17) is 0 Å². The van der Waals surface area contributed by atoms with Crippen LogP contribution < -0.4 is 0 Å². The molecule has 196 valence electrons. The molecule has 0 heterocycles. The molecule has 0 bridgehead atoms. The Labute approximate surface area is 208 Å². The highest BCUT2D eigenvalue weighted by Gasteiger charge is 2.71. The number of aliphatic hydroxyl groups excluding tert-OH is 3. The largest absolute Gasteiger partial charge is 0.393 e. The van der Waals surface area contributed by atoms with Crippen molar-refractivity contribution >= 4 is 0 Å². The molecule has 0 saturated heterocycles. The second kappa shape index (κ2) is 8.30. The first-order valence-corrected chi connectivity index (χ1v) is 13.9. The van der Waals surface area contributed by atoms with Gasteiger partial charge in [0.15, 0.2) is 0 Å². The predicted molar refractivity (Wildman–Crippen MR) is 137 cm³/mol. The summed E-state index contributed by atoms with van der Waals surface area (Å²) in [6.07, 6.45) is 6.72. The molecule has 0 aromatic heterocycles. The molecule has 4 rings (SSSR count). The molecule has 0 aromatic carbocycles. The van der Waals surface area contributed by atoms with Gasteiger partial charge >= 0.3 is 0 Å². The molecule has 0 amide bonds. The van der Waals surface area contributed by atoms with Crippen LogP contribution >= 0.6 is 0 Å². The maximum absolute atomic E-state index is 11.8. The summed E-state index contributed by atoms with van der Waals surface area (Å²) in [5.41, 5.74) is -0.0556. The molecule has 0 radical (unpaired) electrons. The van der Waals surface area contributed by atoms with Crippen LogP contribution in [-0.2, 0) is 0 Å². The van der Waals surface area contributed by atoms with Crippen LogP contribution in [0.5, 0.6) is 0 Å². The molecule has 4 fully saturated rings. The molecular formula is C30H52O4. The van der Waals surface area contributed by atoms with Gasteiger partial charge in [0.1, 0.15) is 0 Å². The summed E-state index contributed by atoms with van der Waals surface area (Å²) >= 11 is 0. The SMILES string of the molecule is C=C(C)[C@@H](O)CC[C@](C)(O)[C@H]1CC[C@]2(C)[C@@H]1[C@H](O)C[C@@H]1[C@@]3(C)CC[C@H](O)C(C)(C)[C@@H]3CC[C@]12C. The van der Waals surface area contributed by atoms with Gasteiger partial charge in [-0.2, -0.15) is 0 Å². The van der Waals surface area contributed by atoms with E-state index in [1.165, 1.54) is 0 Å². The Morgan fingerprint density at radius 2 is 1.59 bits per heavy atom. The topological polar surface area (TPSA) is 80.9 Å². The molecule has 0 aromatic rings. The van der Waals surface area contributed by atoms with Crippen molar-refractivity contribution in [2.45, 2.75) is 130 Å². The van der Waals surface area contributed by atoms with Gasteiger partial charge in [0.2, 0.25) is 0 Å². The van der Waals surface area contributed by atoms with Crippen LogP contribution in [0.1, 0.15) is 106 Å². The summed E-state index contributed by atoms with van der Waals surface area (Å²) in [5.74, 6) is 1.01. The first kappa shape index (κ1) is 26.6. The van der Waals surface area contributed by atoms with Crippen molar-refractivity contribution in [1.29, 1.82) is 0 Å². The van der Waals surface area contributed by atoms with Crippen LogP contribution in [0.2, 0.25) is 0 Å². The molecule has 4 heteroatoms. The fourth-order valence-corrected chi connectivity index (χ4v) is 10.3. The van der Waals surface area contributed by atoms with Gasteiger partial charge in [-0.25, -0.2) is 0 Å². The zero-order chi connectivity index (χ0) is 25.5. The van der Waals surface area contributed by atoms with E-state index in [0.717, 1.165) is 50.5 Å². The maximum Gasteiger partial charge on any atom is 0.0745 e. The fraction of sp³-hybridized carbons (Fsp3) is 0.933. The van der Waals surface area contributed by atoms with Gasteiger partial charge in [-0.15, -0.1) is 0 Å². The van der Waals surface area contributed by atoms with Gasteiger partial charge < -0.3 is 20.4 Å². The highest BCUT2D eigenvalue weighted by atomic mass is 16.3. The molecule has 11 atom stereocenters. The monoisotopic (exact) mass is 476 g/mol. The van der Waals surface area contributed by atoms with Gasteiger partial charge in [0.25, 0.3) is 0 Å². The molecule has 4 aliphatic carbocycles. The molecular weight excluding hydrogens is 424 g/mol. The van der Waals surface area contributed by atoms with Crippen LogP contribution in [0.25, 0.3) is 0 Å². The summed E-state index contributed by atoms with van der Waals surface area (Å²) in [6, 6.07) is 0. The predicted octanol–water partition coefficient (Wildman–Crippen LogP) is 5.47. The third kappa shape index (κ3) is 3.60. The van der Waals surface area contributed by atoms with E-state index in [2.05, 4.69) is 41.2 Å². The molecule has 4 aliphatic rings. The maximum atomic E-state index is 11.8. The van der Waals surface area contributed by atoms with Crippen molar-refractivity contribution in [3.05, 3.63) is 12.2 Å². The summed E-state index contributed by atoms with van der Waals surface area (Å²) < 4.78 is 0. The van der Waals surface area contributed by atoms with Crippen molar-refractivity contribution in [1.82, 2.24) is 0 Å². The number of aliphatic hydroxyl groups is 4. The Kier molecular flexibility index (Phi) is 6.50. The molecule has 4 saturated carbocycles. The Hall–Kier alpha value is -0.420. The average molecular weight is 477 g/mol. The van der Waals surface area contributed by atoms with E-state index in [-0.39, 0.29) is 39.6 Å². The first-order valence-electron chi connectivity index (χ1n) is 13.9. The summed E-state index contributed by atoms with van der Waals surface area (Å²) in [5, 5.41) is 44.5. The second-order valence-corrected chi connectivity index (χ2v) is 14.6. The van der Waals surface area contributed by atoms with Crippen molar-refractivity contribution in [2.24, 2.45) is 45.3 Å². The smallest absolute Gasteiger partial charge is 0.0745 e. The summed E-state index contributed by atoms with van der Waals surface area (Å²) in [4.78, 5) is 0. The van der Waals surface area contributed by atoms with Gasteiger partial charge in [-0.05, 0) is 117 Å². The second-order valence-electron chi connectivity index (χ2n) is 14.6. The fourth-order valence-electron chi connectivity index (χ4n) is 10.3. The first-order chi connectivity index (χ1) is 15.5. The standard InChI is InChI=1S/C30H52O4/c1-18(2)20(31)10-16-30(8,34)19-9-14-29(7)25(19)21(32)17-23-27(5)13-12-24(33)26(3,4)22(27)11-15-28(23,29)6/h19-25,31-34H,1,9-17H2,2-8H3/t19-,20-,21+,22-,23+,24-,25-,27-,28+,29+,30-/m0/s1. The molecule has 0 aliphatic heterocycles. The molecule has 34 heavy (non-hydrogen) atoms. The molecule has 0 unspecified atom stereocenters. The third-order valence-corrected chi connectivity index (χ3v) is 12.7. The lowest BCUT2D eigenvalue weighted by molar-refractivity contribution is -0.246. The Morgan fingerprint density at radius 1 is 0.971 bits per heavy atom. The highest BCUT2D eigenvalue weighted by Crippen LogP contribution is 2.75. The minimum Gasteiger partial charge on any atom is -0.393 e. The quantitative estimate of drug-likeness (QED) is 0.397. The van der Waals surface area contributed by atoms with Crippen molar-refractivity contribution in [3.63, 3.8) is 0 Å². The molecule has 4 nitrogen and oxygen atoms in total. The van der Waals surface area contributed by atoms with Crippen LogP contribution in [0, 0.1) is 45.3 Å². The molecule has 4 N–H and O–H groups in total. The average Bonchev–Trinajstić information content (AvgIpc) is 3.12. The van der Waals surface area contributed by atoms with Gasteiger partial charge in [-0.1, -0.05) is 46.8 Å².